The first-order chi connectivity index (χ1) is 8.70. The van der Waals surface area contributed by atoms with Gasteiger partial charge in [-0.25, -0.2) is 0 Å². The number of nitriles is 1. The van der Waals surface area contributed by atoms with E-state index >= 15 is 0 Å². The molecule has 2 aromatic carbocycles. The summed E-state index contributed by atoms with van der Waals surface area (Å²) in [6, 6.07) is 15.2. The van der Waals surface area contributed by atoms with Gasteiger partial charge in [-0.3, -0.25) is 0 Å². The molecule has 0 aliphatic rings. The van der Waals surface area contributed by atoms with E-state index in [1.807, 2.05) is 36.4 Å². The minimum atomic E-state index is 0.634. The van der Waals surface area contributed by atoms with Gasteiger partial charge in [0.25, 0.3) is 0 Å². The van der Waals surface area contributed by atoms with Gasteiger partial charge in [-0.1, -0.05) is 29.8 Å². The third-order valence-electron chi connectivity index (χ3n) is 2.49. The zero-order chi connectivity index (χ0) is 13.0. The lowest BCUT2D eigenvalue weighted by Crippen LogP contribution is -1.90. The number of nitrogens with zero attached hydrogens (tertiary/aromatic N) is 1. The van der Waals surface area contributed by atoms with Gasteiger partial charge >= 0.3 is 0 Å². The van der Waals surface area contributed by atoms with Crippen LogP contribution in [0.15, 0.2) is 47.4 Å². The Kier molecular flexibility index (Phi) is 4.14. The normalized spacial score (nSPS) is 10.0. The molecule has 2 nitrogen and oxygen atoms in total. The van der Waals surface area contributed by atoms with E-state index in [4.69, 9.17) is 22.6 Å². The van der Waals surface area contributed by atoms with Crippen LogP contribution in [-0.2, 0) is 5.75 Å². The van der Waals surface area contributed by atoms with E-state index < -0.39 is 0 Å². The van der Waals surface area contributed by atoms with Crippen molar-refractivity contribution in [1.29, 1.82) is 5.26 Å². The molecule has 0 radical (unpaired) electrons. The summed E-state index contributed by atoms with van der Waals surface area (Å²) in [6.45, 7) is 0. The predicted molar refractivity (Wildman–Crippen MR) is 76.6 cm³/mol. The number of rotatable bonds is 3. The summed E-state index contributed by atoms with van der Waals surface area (Å²) in [5.74, 6) is 0.718. The van der Waals surface area contributed by atoms with Crippen molar-refractivity contribution < 1.29 is 0 Å². The van der Waals surface area contributed by atoms with Crippen molar-refractivity contribution in [3.8, 4) is 6.07 Å². The summed E-state index contributed by atoms with van der Waals surface area (Å²) in [4.78, 5) is 0.979. The van der Waals surface area contributed by atoms with Crippen molar-refractivity contribution >= 4 is 29.1 Å². The predicted octanol–water partition coefficient (Wildman–Crippen LogP) is 4.09. The monoisotopic (exact) mass is 274 g/mol. The van der Waals surface area contributed by atoms with E-state index in [0.29, 0.717) is 16.3 Å². The standard InChI is InChI=1S/C14H11ClN2S/c15-12-5-6-14(13(17)7-12)18-9-11-4-2-1-3-10(11)8-16/h1-7H,9,17H2. The number of halogens is 1. The van der Waals surface area contributed by atoms with E-state index in [9.17, 15) is 0 Å². The summed E-state index contributed by atoms with van der Waals surface area (Å²) >= 11 is 7.45. The van der Waals surface area contributed by atoms with E-state index in [1.54, 1.807) is 17.8 Å². The minimum Gasteiger partial charge on any atom is -0.398 e. The molecule has 0 heterocycles. The molecule has 90 valence electrons. The molecule has 0 spiro atoms. The summed E-state index contributed by atoms with van der Waals surface area (Å²) in [5, 5.41) is 9.64. The van der Waals surface area contributed by atoms with Gasteiger partial charge in [0, 0.05) is 21.4 Å². The Bertz CT molecular complexity index is 605. The highest BCUT2D eigenvalue weighted by Crippen LogP contribution is 2.30. The molecule has 18 heavy (non-hydrogen) atoms. The molecule has 2 aromatic rings. The number of hydrogen-bond donors (Lipinski definition) is 1. The Balaban J connectivity index is 2.14. The second-order valence-corrected chi connectivity index (χ2v) is 5.19. The van der Waals surface area contributed by atoms with E-state index in [1.165, 1.54) is 0 Å². The number of nitrogen functional groups attached to an aromatic ring is 1. The minimum absolute atomic E-state index is 0.634. The molecule has 0 fully saturated rings. The van der Waals surface area contributed by atoms with E-state index in [-0.39, 0.29) is 0 Å². The lowest BCUT2D eigenvalue weighted by atomic mass is 10.1. The van der Waals surface area contributed by atoms with Crippen molar-refractivity contribution in [3.63, 3.8) is 0 Å². The van der Waals surface area contributed by atoms with Gasteiger partial charge in [0.1, 0.15) is 0 Å². The van der Waals surface area contributed by atoms with Crippen LogP contribution in [0.5, 0.6) is 0 Å². The molecule has 0 amide bonds. The van der Waals surface area contributed by atoms with Gasteiger partial charge in [-0.05, 0) is 29.8 Å². The largest absolute Gasteiger partial charge is 0.398 e. The van der Waals surface area contributed by atoms with Crippen LogP contribution < -0.4 is 5.73 Å². The molecule has 0 aromatic heterocycles. The first kappa shape index (κ1) is 12.8. The van der Waals surface area contributed by atoms with Crippen molar-refractivity contribution in [2.75, 3.05) is 5.73 Å². The Morgan fingerprint density at radius 1 is 1.22 bits per heavy atom. The van der Waals surface area contributed by atoms with Gasteiger partial charge in [0.05, 0.1) is 11.6 Å². The van der Waals surface area contributed by atoms with Crippen molar-refractivity contribution in [2.45, 2.75) is 10.6 Å². The SMILES string of the molecule is N#Cc1ccccc1CSc1ccc(Cl)cc1N. The number of benzene rings is 2. The summed E-state index contributed by atoms with van der Waals surface area (Å²) in [6.07, 6.45) is 0. The van der Waals surface area contributed by atoms with Gasteiger partial charge in [-0.15, -0.1) is 11.8 Å². The molecule has 0 atom stereocenters. The maximum Gasteiger partial charge on any atom is 0.0994 e. The highest BCUT2D eigenvalue weighted by molar-refractivity contribution is 7.98. The van der Waals surface area contributed by atoms with Gasteiger partial charge in [0.2, 0.25) is 0 Å². The summed E-state index contributed by atoms with van der Waals surface area (Å²) < 4.78 is 0. The number of anilines is 1. The van der Waals surface area contributed by atoms with Crippen molar-refractivity contribution in [3.05, 3.63) is 58.6 Å². The highest BCUT2D eigenvalue weighted by Gasteiger charge is 2.04. The third kappa shape index (κ3) is 2.98. The average molecular weight is 275 g/mol. The van der Waals surface area contributed by atoms with E-state index in [2.05, 4.69) is 6.07 Å². The molecule has 0 unspecified atom stereocenters. The molecular formula is C14H11ClN2S. The fraction of sp³-hybridized carbons (Fsp3) is 0.0714. The second-order valence-electron chi connectivity index (χ2n) is 3.74. The smallest absolute Gasteiger partial charge is 0.0994 e. The summed E-state index contributed by atoms with van der Waals surface area (Å²) in [5.41, 5.74) is 8.27. The average Bonchev–Trinajstić information content (AvgIpc) is 2.38. The molecule has 4 heteroatoms. The van der Waals surface area contributed by atoms with Gasteiger partial charge in [0.15, 0.2) is 0 Å². The zero-order valence-electron chi connectivity index (χ0n) is 9.56. The lowest BCUT2D eigenvalue weighted by molar-refractivity contribution is 1.34. The third-order valence-corrected chi connectivity index (χ3v) is 3.87. The molecule has 2 rings (SSSR count). The molecule has 0 bridgehead atoms. The van der Waals surface area contributed by atoms with Crippen molar-refractivity contribution in [2.24, 2.45) is 0 Å². The molecule has 0 saturated heterocycles. The fourth-order valence-electron chi connectivity index (χ4n) is 1.56. The maximum absolute atomic E-state index is 9.01. The molecule has 2 N–H and O–H groups in total. The van der Waals surface area contributed by atoms with Crippen LogP contribution in [0.2, 0.25) is 5.02 Å². The van der Waals surface area contributed by atoms with Crippen molar-refractivity contribution in [1.82, 2.24) is 0 Å². The van der Waals surface area contributed by atoms with Crippen LogP contribution in [0, 0.1) is 11.3 Å². The number of nitrogens with two attached hydrogens (primary N) is 1. The number of hydrogen-bond acceptors (Lipinski definition) is 3. The van der Waals surface area contributed by atoms with Crippen LogP contribution in [0.1, 0.15) is 11.1 Å². The zero-order valence-corrected chi connectivity index (χ0v) is 11.1. The topological polar surface area (TPSA) is 49.8 Å². The first-order valence-electron chi connectivity index (χ1n) is 5.36. The van der Waals surface area contributed by atoms with Gasteiger partial charge < -0.3 is 5.73 Å². The van der Waals surface area contributed by atoms with Crippen LogP contribution >= 0.6 is 23.4 Å². The van der Waals surface area contributed by atoms with Crippen LogP contribution in [-0.4, -0.2) is 0 Å². The Hall–Kier alpha value is -1.63. The van der Waals surface area contributed by atoms with Gasteiger partial charge in [-0.2, -0.15) is 5.26 Å². The number of thioether (sulfide) groups is 1. The Morgan fingerprint density at radius 3 is 2.72 bits per heavy atom. The summed E-state index contributed by atoms with van der Waals surface area (Å²) in [7, 11) is 0. The Labute approximate surface area is 115 Å². The molecule has 0 saturated carbocycles. The lowest BCUT2D eigenvalue weighted by Gasteiger charge is -2.07. The highest BCUT2D eigenvalue weighted by atomic mass is 35.5. The first-order valence-corrected chi connectivity index (χ1v) is 6.73. The molecular weight excluding hydrogens is 264 g/mol. The van der Waals surface area contributed by atoms with Crippen LogP contribution in [0.25, 0.3) is 0 Å². The van der Waals surface area contributed by atoms with Crippen LogP contribution in [0.4, 0.5) is 5.69 Å². The quantitative estimate of drug-likeness (QED) is 0.677. The fourth-order valence-corrected chi connectivity index (χ4v) is 2.69. The maximum atomic E-state index is 9.01. The Morgan fingerprint density at radius 2 is 2.00 bits per heavy atom. The van der Waals surface area contributed by atoms with E-state index in [0.717, 1.165) is 16.2 Å². The molecule has 0 aliphatic heterocycles. The second kappa shape index (κ2) is 5.81. The van der Waals surface area contributed by atoms with Crippen LogP contribution in [0.3, 0.4) is 0 Å². The molecule has 0 aliphatic carbocycles.